The van der Waals surface area contributed by atoms with Crippen molar-refractivity contribution in [1.29, 1.82) is 0 Å². The van der Waals surface area contributed by atoms with Crippen LogP contribution in [0.1, 0.15) is 26.5 Å². The van der Waals surface area contributed by atoms with E-state index in [2.05, 4.69) is 11.9 Å². The quantitative estimate of drug-likeness (QED) is 0.613. The third kappa shape index (κ3) is 2.57. The van der Waals surface area contributed by atoms with Crippen molar-refractivity contribution in [3.8, 4) is 0 Å². The van der Waals surface area contributed by atoms with Gasteiger partial charge in [0.15, 0.2) is 0 Å². The molecule has 0 aliphatic carbocycles. The van der Waals surface area contributed by atoms with Crippen LogP contribution in [0.25, 0.3) is 0 Å². The van der Waals surface area contributed by atoms with Crippen LogP contribution in [0.4, 0.5) is 4.79 Å². The van der Waals surface area contributed by atoms with Crippen LogP contribution >= 0.6 is 0 Å². The molecule has 0 bridgehead atoms. The standard InChI is InChI=1S/C9H13N2O2/c1-7-5-10-6-11(7)8(12)13-9(2,3)4/h5-6H,1H2,2-4H3. The summed E-state index contributed by atoms with van der Waals surface area (Å²) in [7, 11) is 0. The predicted octanol–water partition coefficient (Wildman–Crippen LogP) is 1.85. The Morgan fingerprint density at radius 2 is 2.23 bits per heavy atom. The van der Waals surface area contributed by atoms with E-state index in [-0.39, 0.29) is 0 Å². The van der Waals surface area contributed by atoms with Gasteiger partial charge in [-0.1, -0.05) is 0 Å². The molecule has 4 nitrogen and oxygen atoms in total. The van der Waals surface area contributed by atoms with E-state index in [9.17, 15) is 4.79 Å². The van der Waals surface area contributed by atoms with Crippen LogP contribution in [0.3, 0.4) is 0 Å². The summed E-state index contributed by atoms with van der Waals surface area (Å²) >= 11 is 0. The summed E-state index contributed by atoms with van der Waals surface area (Å²) < 4.78 is 6.38. The Labute approximate surface area is 77.5 Å². The molecule has 0 aliphatic heterocycles. The number of imidazole rings is 1. The molecule has 0 unspecified atom stereocenters. The zero-order chi connectivity index (χ0) is 10.1. The topological polar surface area (TPSA) is 44.1 Å². The molecule has 13 heavy (non-hydrogen) atoms. The average Bonchev–Trinajstić information content (AvgIpc) is 2.30. The van der Waals surface area contributed by atoms with Gasteiger partial charge in [-0.15, -0.1) is 0 Å². The number of rotatable bonds is 0. The van der Waals surface area contributed by atoms with Crippen molar-refractivity contribution in [2.24, 2.45) is 0 Å². The monoisotopic (exact) mass is 181 g/mol. The van der Waals surface area contributed by atoms with Gasteiger partial charge in [0.1, 0.15) is 11.9 Å². The van der Waals surface area contributed by atoms with Crippen molar-refractivity contribution in [3.05, 3.63) is 25.1 Å². The van der Waals surface area contributed by atoms with E-state index >= 15 is 0 Å². The van der Waals surface area contributed by atoms with E-state index in [1.54, 1.807) is 0 Å². The first kappa shape index (κ1) is 9.77. The van der Waals surface area contributed by atoms with Gasteiger partial charge in [-0.2, -0.15) is 0 Å². The van der Waals surface area contributed by atoms with Gasteiger partial charge in [-0.3, -0.25) is 0 Å². The van der Waals surface area contributed by atoms with Crippen LogP contribution in [0.2, 0.25) is 0 Å². The number of hydrogen-bond donors (Lipinski definition) is 0. The van der Waals surface area contributed by atoms with Crippen molar-refractivity contribution in [1.82, 2.24) is 9.55 Å². The molecule has 0 atom stereocenters. The maximum atomic E-state index is 11.4. The largest absolute Gasteiger partial charge is 0.443 e. The number of carbonyl (C=O) groups excluding carboxylic acids is 1. The summed E-state index contributed by atoms with van der Waals surface area (Å²) in [6, 6.07) is 0. The number of ether oxygens (including phenoxy) is 1. The zero-order valence-electron chi connectivity index (χ0n) is 8.07. The van der Waals surface area contributed by atoms with Crippen LogP contribution in [-0.4, -0.2) is 21.2 Å². The Balaban J connectivity index is 2.76. The summed E-state index contributed by atoms with van der Waals surface area (Å²) in [6.07, 6.45) is 2.44. The van der Waals surface area contributed by atoms with Crippen molar-refractivity contribution in [2.75, 3.05) is 0 Å². The van der Waals surface area contributed by atoms with Gasteiger partial charge < -0.3 is 4.74 Å². The Bertz CT molecular complexity index is 310. The van der Waals surface area contributed by atoms with Gasteiger partial charge in [0.25, 0.3) is 0 Å². The first-order valence-electron chi connectivity index (χ1n) is 3.98. The molecule has 0 N–H and O–H groups in total. The molecule has 4 heteroatoms. The maximum Gasteiger partial charge on any atom is 0.420 e. The predicted molar refractivity (Wildman–Crippen MR) is 48.3 cm³/mol. The zero-order valence-corrected chi connectivity index (χ0v) is 8.07. The number of carbonyl (C=O) groups is 1. The van der Waals surface area contributed by atoms with Gasteiger partial charge in [-0.25, -0.2) is 14.3 Å². The summed E-state index contributed by atoms with van der Waals surface area (Å²) in [4.78, 5) is 15.2. The van der Waals surface area contributed by atoms with E-state index < -0.39 is 11.7 Å². The SMILES string of the molecule is [CH2]c1cncn1C(=O)OC(C)(C)C. The van der Waals surface area contributed by atoms with E-state index in [0.717, 1.165) is 0 Å². The smallest absolute Gasteiger partial charge is 0.420 e. The van der Waals surface area contributed by atoms with E-state index in [1.165, 1.54) is 17.1 Å². The molecule has 1 aromatic rings. The van der Waals surface area contributed by atoms with Crippen LogP contribution in [0.15, 0.2) is 12.5 Å². The number of hydrogen-bond acceptors (Lipinski definition) is 3. The minimum Gasteiger partial charge on any atom is -0.443 e. The molecule has 1 heterocycles. The molecule has 0 saturated heterocycles. The lowest BCUT2D eigenvalue weighted by Crippen LogP contribution is -2.27. The summed E-state index contributed by atoms with van der Waals surface area (Å²) in [5.74, 6) is 0. The molecule has 0 aliphatic rings. The molecule has 71 valence electrons. The average molecular weight is 181 g/mol. The highest BCUT2D eigenvalue weighted by Gasteiger charge is 2.18. The fourth-order valence-corrected chi connectivity index (χ4v) is 0.798. The lowest BCUT2D eigenvalue weighted by molar-refractivity contribution is 0.0535. The lowest BCUT2D eigenvalue weighted by atomic mass is 10.2. The van der Waals surface area contributed by atoms with Gasteiger partial charge in [0.2, 0.25) is 0 Å². The molecule has 1 rings (SSSR count). The second-order valence-electron chi connectivity index (χ2n) is 3.74. The molecule has 0 fully saturated rings. The van der Waals surface area contributed by atoms with E-state index in [0.29, 0.717) is 5.69 Å². The molecule has 1 aromatic heterocycles. The molecule has 0 spiro atoms. The van der Waals surface area contributed by atoms with Crippen molar-refractivity contribution < 1.29 is 9.53 Å². The lowest BCUT2D eigenvalue weighted by Gasteiger charge is -2.19. The van der Waals surface area contributed by atoms with Crippen LogP contribution < -0.4 is 0 Å². The fourth-order valence-electron chi connectivity index (χ4n) is 0.798. The first-order valence-corrected chi connectivity index (χ1v) is 3.98. The minimum absolute atomic E-state index is 0.449. The molecule has 0 amide bonds. The Morgan fingerprint density at radius 1 is 1.62 bits per heavy atom. The molecular weight excluding hydrogens is 168 g/mol. The minimum atomic E-state index is -0.492. The Hall–Kier alpha value is -1.32. The van der Waals surface area contributed by atoms with Crippen LogP contribution in [0.5, 0.6) is 0 Å². The summed E-state index contributed by atoms with van der Waals surface area (Å²) in [5, 5.41) is 0. The second-order valence-corrected chi connectivity index (χ2v) is 3.74. The highest BCUT2D eigenvalue weighted by atomic mass is 16.6. The normalized spacial score (nSPS) is 11.4. The highest BCUT2D eigenvalue weighted by molar-refractivity contribution is 5.71. The van der Waals surface area contributed by atoms with Gasteiger partial charge >= 0.3 is 6.09 Å². The molecule has 0 saturated carbocycles. The molecular formula is C9H13N2O2. The van der Waals surface area contributed by atoms with Crippen molar-refractivity contribution in [2.45, 2.75) is 26.4 Å². The van der Waals surface area contributed by atoms with Crippen molar-refractivity contribution in [3.63, 3.8) is 0 Å². The van der Waals surface area contributed by atoms with Gasteiger partial charge in [-0.05, 0) is 27.7 Å². The number of aromatic nitrogens is 2. The second kappa shape index (κ2) is 3.20. The van der Waals surface area contributed by atoms with Crippen molar-refractivity contribution >= 4 is 6.09 Å². The summed E-state index contributed by atoms with van der Waals surface area (Å²) in [5.41, 5.74) is 0.0302. The van der Waals surface area contributed by atoms with Gasteiger partial charge in [0, 0.05) is 11.9 Å². The fraction of sp³-hybridized carbons (Fsp3) is 0.444. The van der Waals surface area contributed by atoms with E-state index in [1.807, 2.05) is 20.8 Å². The van der Waals surface area contributed by atoms with Gasteiger partial charge in [0.05, 0.1) is 0 Å². The Kier molecular flexibility index (Phi) is 2.40. The number of nitrogens with zero attached hydrogens (tertiary/aromatic N) is 2. The Morgan fingerprint density at radius 3 is 2.62 bits per heavy atom. The highest BCUT2D eigenvalue weighted by Crippen LogP contribution is 2.09. The van der Waals surface area contributed by atoms with Crippen LogP contribution in [0, 0.1) is 6.92 Å². The summed E-state index contributed by atoms with van der Waals surface area (Å²) in [6.45, 7) is 9.06. The van der Waals surface area contributed by atoms with E-state index in [4.69, 9.17) is 4.74 Å². The third-order valence-electron chi connectivity index (χ3n) is 1.31. The third-order valence-corrected chi connectivity index (χ3v) is 1.31. The molecule has 0 aromatic carbocycles. The van der Waals surface area contributed by atoms with Crippen LogP contribution in [-0.2, 0) is 4.74 Å². The first-order chi connectivity index (χ1) is 5.90. The molecule has 1 radical (unpaired) electrons. The maximum absolute atomic E-state index is 11.4.